The molecule has 0 saturated heterocycles. The molecule has 1 rings (SSSR count). The van der Waals surface area contributed by atoms with E-state index in [9.17, 15) is 8.78 Å². The highest BCUT2D eigenvalue weighted by atomic mass is 35.5. The number of anilines is 1. The first-order chi connectivity index (χ1) is 8.13. The molecule has 0 radical (unpaired) electrons. The molecule has 6 heteroatoms. The Hall–Kier alpha value is -1.38. The third kappa shape index (κ3) is 4.98. The predicted octanol–water partition coefficient (Wildman–Crippen LogP) is 2.91. The Kier molecular flexibility index (Phi) is 5.67. The van der Waals surface area contributed by atoms with Gasteiger partial charge in [-0.05, 0) is 18.2 Å². The summed E-state index contributed by atoms with van der Waals surface area (Å²) in [6.45, 7) is -0.0751. The Morgan fingerprint density at radius 2 is 2.24 bits per heavy atom. The van der Waals surface area contributed by atoms with E-state index in [-0.39, 0.29) is 6.61 Å². The van der Waals surface area contributed by atoms with Crippen LogP contribution in [-0.2, 0) is 4.74 Å². The minimum atomic E-state index is -2.46. The molecule has 3 nitrogen and oxygen atoms in total. The van der Waals surface area contributed by atoms with Crippen LogP contribution >= 0.6 is 11.6 Å². The van der Waals surface area contributed by atoms with E-state index in [1.165, 1.54) is 6.07 Å². The first-order valence-electron chi connectivity index (χ1n) is 4.93. The van der Waals surface area contributed by atoms with Crippen molar-refractivity contribution in [2.24, 2.45) is 0 Å². The molecule has 0 aliphatic rings. The monoisotopic (exact) mass is 260 g/mol. The van der Waals surface area contributed by atoms with Gasteiger partial charge in [-0.3, -0.25) is 0 Å². The molecule has 17 heavy (non-hydrogen) atoms. The number of rotatable bonds is 6. The zero-order valence-corrected chi connectivity index (χ0v) is 9.68. The summed E-state index contributed by atoms with van der Waals surface area (Å²) < 4.78 is 28.2. The summed E-state index contributed by atoms with van der Waals surface area (Å²) in [4.78, 5) is 0. The first kappa shape index (κ1) is 13.7. The summed E-state index contributed by atoms with van der Waals surface area (Å²) in [5, 5.41) is 12.2. The largest absolute Gasteiger partial charge is 0.382 e. The summed E-state index contributed by atoms with van der Waals surface area (Å²) in [6.07, 6.45) is -2.46. The fraction of sp³-hybridized carbons (Fsp3) is 0.364. The van der Waals surface area contributed by atoms with Crippen LogP contribution in [0.4, 0.5) is 14.5 Å². The van der Waals surface area contributed by atoms with Gasteiger partial charge in [0.25, 0.3) is 6.43 Å². The van der Waals surface area contributed by atoms with E-state index >= 15 is 0 Å². The van der Waals surface area contributed by atoms with Gasteiger partial charge >= 0.3 is 0 Å². The second-order valence-corrected chi connectivity index (χ2v) is 3.63. The molecule has 0 saturated carbocycles. The van der Waals surface area contributed by atoms with Crippen LogP contribution in [0.25, 0.3) is 0 Å². The van der Waals surface area contributed by atoms with Crippen LogP contribution in [0.3, 0.4) is 0 Å². The number of nitrogens with zero attached hydrogens (tertiary/aromatic N) is 1. The van der Waals surface area contributed by atoms with Crippen LogP contribution in [0, 0.1) is 11.3 Å². The number of hydrogen-bond donors (Lipinski definition) is 1. The van der Waals surface area contributed by atoms with Gasteiger partial charge in [0.2, 0.25) is 0 Å². The number of nitriles is 1. The van der Waals surface area contributed by atoms with Gasteiger partial charge in [0, 0.05) is 11.6 Å². The normalized spacial score (nSPS) is 10.3. The molecule has 0 aliphatic carbocycles. The summed E-state index contributed by atoms with van der Waals surface area (Å²) in [5.74, 6) is 0. The highest BCUT2D eigenvalue weighted by molar-refractivity contribution is 6.30. The fourth-order valence-corrected chi connectivity index (χ4v) is 1.37. The lowest BCUT2D eigenvalue weighted by atomic mass is 10.2. The summed E-state index contributed by atoms with van der Waals surface area (Å²) in [7, 11) is 0. The Balaban J connectivity index is 2.39. The van der Waals surface area contributed by atoms with E-state index in [1.54, 1.807) is 12.1 Å². The Bertz CT molecular complexity index is 407. The molecule has 0 aliphatic heterocycles. The topological polar surface area (TPSA) is 45.0 Å². The number of hydrogen-bond acceptors (Lipinski definition) is 3. The minimum absolute atomic E-state index is 0.151. The molecule has 1 aromatic rings. The third-order valence-corrected chi connectivity index (χ3v) is 2.14. The average Bonchev–Trinajstić information content (AvgIpc) is 2.29. The van der Waals surface area contributed by atoms with Crippen molar-refractivity contribution in [1.29, 1.82) is 5.26 Å². The van der Waals surface area contributed by atoms with E-state index in [1.807, 2.05) is 6.07 Å². The number of benzene rings is 1. The van der Waals surface area contributed by atoms with Crippen molar-refractivity contribution < 1.29 is 13.5 Å². The fourth-order valence-electron chi connectivity index (χ4n) is 1.19. The van der Waals surface area contributed by atoms with Crippen molar-refractivity contribution in [2.45, 2.75) is 6.43 Å². The Labute approximate surface area is 103 Å². The second-order valence-electron chi connectivity index (χ2n) is 3.19. The maximum atomic E-state index is 11.7. The standard InChI is InChI=1S/C11H11ClF2N2O/c12-9-1-2-10(8(5-9)6-15)16-3-4-17-7-11(13)14/h1-2,5,11,16H,3-4,7H2. The highest BCUT2D eigenvalue weighted by Gasteiger charge is 2.03. The van der Waals surface area contributed by atoms with Crippen molar-refractivity contribution in [3.8, 4) is 6.07 Å². The molecular formula is C11H11ClF2N2O. The molecule has 0 fully saturated rings. The maximum Gasteiger partial charge on any atom is 0.261 e. The van der Waals surface area contributed by atoms with Crippen LogP contribution in [0.15, 0.2) is 18.2 Å². The molecule has 0 aromatic heterocycles. The van der Waals surface area contributed by atoms with Crippen molar-refractivity contribution in [3.05, 3.63) is 28.8 Å². The van der Waals surface area contributed by atoms with E-state index in [4.69, 9.17) is 21.6 Å². The van der Waals surface area contributed by atoms with Gasteiger partial charge < -0.3 is 10.1 Å². The Morgan fingerprint density at radius 3 is 2.88 bits per heavy atom. The summed E-state index contributed by atoms with van der Waals surface area (Å²) in [5.41, 5.74) is 1.02. The van der Waals surface area contributed by atoms with Crippen LogP contribution in [-0.4, -0.2) is 26.2 Å². The van der Waals surface area contributed by atoms with E-state index in [2.05, 4.69) is 5.32 Å². The number of nitrogens with one attached hydrogen (secondary N) is 1. The van der Waals surface area contributed by atoms with Crippen LogP contribution in [0.1, 0.15) is 5.56 Å². The van der Waals surface area contributed by atoms with Crippen molar-refractivity contribution in [1.82, 2.24) is 0 Å². The molecule has 0 unspecified atom stereocenters. The zero-order chi connectivity index (χ0) is 12.7. The molecular weight excluding hydrogens is 250 g/mol. The maximum absolute atomic E-state index is 11.7. The van der Waals surface area contributed by atoms with Crippen molar-refractivity contribution in [3.63, 3.8) is 0 Å². The molecule has 92 valence electrons. The van der Waals surface area contributed by atoms with Crippen LogP contribution < -0.4 is 5.32 Å². The lowest BCUT2D eigenvalue weighted by Gasteiger charge is -2.08. The molecule has 1 aromatic carbocycles. The highest BCUT2D eigenvalue weighted by Crippen LogP contribution is 2.19. The lowest BCUT2D eigenvalue weighted by molar-refractivity contribution is 0.0215. The smallest absolute Gasteiger partial charge is 0.261 e. The quantitative estimate of drug-likeness (QED) is 0.800. The molecule has 1 N–H and O–H groups in total. The van der Waals surface area contributed by atoms with Gasteiger partial charge in [0.05, 0.1) is 17.9 Å². The molecule has 0 atom stereocenters. The number of ether oxygens (including phenoxy) is 1. The van der Waals surface area contributed by atoms with Crippen molar-refractivity contribution >= 4 is 17.3 Å². The SMILES string of the molecule is N#Cc1cc(Cl)ccc1NCCOCC(F)F. The Morgan fingerprint density at radius 1 is 1.47 bits per heavy atom. The van der Waals surface area contributed by atoms with Gasteiger partial charge in [0.15, 0.2) is 0 Å². The van der Waals surface area contributed by atoms with E-state index in [0.29, 0.717) is 22.8 Å². The zero-order valence-electron chi connectivity index (χ0n) is 8.92. The molecule has 0 amide bonds. The van der Waals surface area contributed by atoms with Gasteiger partial charge in [-0.1, -0.05) is 11.6 Å². The summed E-state index contributed by atoms with van der Waals surface area (Å²) >= 11 is 5.73. The second kappa shape index (κ2) is 7.05. The van der Waals surface area contributed by atoms with Gasteiger partial charge in [-0.25, -0.2) is 8.78 Å². The number of alkyl halides is 2. The van der Waals surface area contributed by atoms with Crippen LogP contribution in [0.5, 0.6) is 0 Å². The average molecular weight is 261 g/mol. The molecule has 0 bridgehead atoms. The minimum Gasteiger partial charge on any atom is -0.382 e. The van der Waals surface area contributed by atoms with E-state index in [0.717, 1.165) is 0 Å². The van der Waals surface area contributed by atoms with Gasteiger partial charge in [-0.15, -0.1) is 0 Å². The summed E-state index contributed by atoms with van der Waals surface area (Å²) in [6, 6.07) is 6.82. The van der Waals surface area contributed by atoms with Crippen molar-refractivity contribution in [2.75, 3.05) is 25.1 Å². The van der Waals surface area contributed by atoms with Gasteiger partial charge in [-0.2, -0.15) is 5.26 Å². The molecule has 0 spiro atoms. The van der Waals surface area contributed by atoms with Crippen LogP contribution in [0.2, 0.25) is 5.02 Å². The lowest BCUT2D eigenvalue weighted by Crippen LogP contribution is -2.13. The number of halogens is 3. The van der Waals surface area contributed by atoms with Gasteiger partial charge in [0.1, 0.15) is 12.7 Å². The molecule has 0 heterocycles. The van der Waals surface area contributed by atoms with E-state index < -0.39 is 13.0 Å². The first-order valence-corrected chi connectivity index (χ1v) is 5.30. The predicted molar refractivity (Wildman–Crippen MR) is 61.5 cm³/mol. The third-order valence-electron chi connectivity index (χ3n) is 1.91.